The van der Waals surface area contributed by atoms with E-state index < -0.39 is 18.2 Å². The molecule has 0 radical (unpaired) electrons. The summed E-state index contributed by atoms with van der Waals surface area (Å²) in [6.45, 7) is 2.14. The third kappa shape index (κ3) is 6.15. The van der Waals surface area contributed by atoms with Gasteiger partial charge in [0.2, 0.25) is 0 Å². The molecular formula is C20H32O5. The largest absolute Gasteiger partial charge is 0.495 e. The molecule has 0 amide bonds. The van der Waals surface area contributed by atoms with Crippen molar-refractivity contribution in [3.63, 3.8) is 0 Å². The molecule has 2 aliphatic rings. The molecule has 0 unspecified atom stereocenters. The lowest BCUT2D eigenvalue weighted by molar-refractivity contribution is -0.137. The molecule has 1 saturated heterocycles. The summed E-state index contributed by atoms with van der Waals surface area (Å²) in [5.74, 6) is 0.429. The third-order valence-electron chi connectivity index (χ3n) is 5.26. The summed E-state index contributed by atoms with van der Waals surface area (Å²) in [5, 5.41) is 29.0. The number of carboxylic acid groups (broad SMARTS) is 1. The van der Waals surface area contributed by atoms with Crippen LogP contribution in [0.3, 0.4) is 0 Å². The number of unbranched alkanes of at least 4 members (excludes halogenated alkanes) is 3. The molecular weight excluding hydrogens is 320 g/mol. The number of hydrogen-bond acceptors (Lipinski definition) is 4. The standard InChI is InChI=1S/C20H32O5/c1-2-3-4-7-14(21)10-11-16-17-12-15(8-5-6-9-20(23)24)25-19(17)13-18(16)22/h8,10-11,14,16-19,21-22H,2-7,9,12-13H2,1H3,(H,23,24)/b11-10-,15-8-/t14-,16-,17+,18+,19+/m0/s1. The molecule has 0 spiro atoms. The molecule has 3 N–H and O–H groups in total. The maximum atomic E-state index is 10.5. The van der Waals surface area contributed by atoms with Crippen LogP contribution in [-0.4, -0.2) is 39.6 Å². The van der Waals surface area contributed by atoms with Gasteiger partial charge in [-0.1, -0.05) is 38.3 Å². The highest BCUT2D eigenvalue weighted by Crippen LogP contribution is 2.45. The van der Waals surface area contributed by atoms with Crippen LogP contribution in [0.25, 0.3) is 0 Å². The molecule has 1 heterocycles. The number of aliphatic hydroxyl groups excluding tert-OH is 2. The van der Waals surface area contributed by atoms with E-state index in [9.17, 15) is 15.0 Å². The Labute approximate surface area is 150 Å². The Kier molecular flexibility index (Phi) is 7.97. The normalized spacial score (nSPS) is 31.4. The summed E-state index contributed by atoms with van der Waals surface area (Å²) in [4.78, 5) is 10.5. The molecule has 25 heavy (non-hydrogen) atoms. The van der Waals surface area contributed by atoms with E-state index in [0.717, 1.165) is 37.9 Å². The smallest absolute Gasteiger partial charge is 0.303 e. The second-order valence-corrected chi connectivity index (χ2v) is 7.31. The second kappa shape index (κ2) is 9.97. The molecule has 5 nitrogen and oxygen atoms in total. The Morgan fingerprint density at radius 1 is 1.36 bits per heavy atom. The average Bonchev–Trinajstić information content (AvgIpc) is 3.06. The Hall–Kier alpha value is -1.33. The summed E-state index contributed by atoms with van der Waals surface area (Å²) < 4.78 is 5.94. The molecule has 142 valence electrons. The number of carbonyl (C=O) groups is 1. The quantitative estimate of drug-likeness (QED) is 0.414. The van der Waals surface area contributed by atoms with Crippen LogP contribution >= 0.6 is 0 Å². The first kappa shape index (κ1) is 20.0. The topological polar surface area (TPSA) is 87.0 Å². The van der Waals surface area contributed by atoms with E-state index >= 15 is 0 Å². The van der Waals surface area contributed by atoms with E-state index in [1.54, 1.807) is 0 Å². The van der Waals surface area contributed by atoms with E-state index in [-0.39, 0.29) is 24.4 Å². The van der Waals surface area contributed by atoms with Gasteiger partial charge in [0, 0.05) is 31.1 Å². The molecule has 1 aliphatic carbocycles. The van der Waals surface area contributed by atoms with Crippen molar-refractivity contribution in [2.75, 3.05) is 0 Å². The zero-order valence-electron chi connectivity index (χ0n) is 15.1. The molecule has 5 heteroatoms. The molecule has 0 aromatic carbocycles. The minimum absolute atomic E-state index is 0.0238. The summed E-state index contributed by atoms with van der Waals surface area (Å²) in [5.41, 5.74) is 0. The minimum atomic E-state index is -0.770. The minimum Gasteiger partial charge on any atom is -0.495 e. The van der Waals surface area contributed by atoms with Crippen molar-refractivity contribution in [3.8, 4) is 0 Å². The predicted molar refractivity (Wildman–Crippen MR) is 96.0 cm³/mol. The number of ether oxygens (including phenoxy) is 1. The number of aliphatic hydroxyl groups is 2. The van der Waals surface area contributed by atoms with Crippen molar-refractivity contribution in [3.05, 3.63) is 24.0 Å². The van der Waals surface area contributed by atoms with E-state index in [2.05, 4.69) is 6.92 Å². The van der Waals surface area contributed by atoms with Crippen molar-refractivity contribution in [1.29, 1.82) is 0 Å². The third-order valence-corrected chi connectivity index (χ3v) is 5.26. The van der Waals surface area contributed by atoms with Crippen LogP contribution < -0.4 is 0 Å². The van der Waals surface area contributed by atoms with Gasteiger partial charge in [-0.05, 0) is 25.3 Å². The van der Waals surface area contributed by atoms with Crippen LogP contribution in [0.2, 0.25) is 0 Å². The van der Waals surface area contributed by atoms with Crippen molar-refractivity contribution in [1.82, 2.24) is 0 Å². The monoisotopic (exact) mass is 352 g/mol. The van der Waals surface area contributed by atoms with E-state index in [1.165, 1.54) is 0 Å². The zero-order chi connectivity index (χ0) is 18.2. The number of hydrogen-bond donors (Lipinski definition) is 3. The highest BCUT2D eigenvalue weighted by molar-refractivity contribution is 5.66. The average molecular weight is 352 g/mol. The van der Waals surface area contributed by atoms with Crippen molar-refractivity contribution >= 4 is 5.97 Å². The fourth-order valence-electron chi connectivity index (χ4n) is 3.86. The van der Waals surface area contributed by atoms with Gasteiger partial charge in [0.15, 0.2) is 0 Å². The van der Waals surface area contributed by atoms with Crippen molar-refractivity contribution < 1.29 is 24.9 Å². The zero-order valence-corrected chi connectivity index (χ0v) is 15.1. The molecule has 2 fully saturated rings. The van der Waals surface area contributed by atoms with Gasteiger partial charge in [0.05, 0.1) is 18.0 Å². The molecule has 5 atom stereocenters. The van der Waals surface area contributed by atoms with Crippen LogP contribution in [-0.2, 0) is 9.53 Å². The van der Waals surface area contributed by atoms with Gasteiger partial charge in [-0.15, -0.1) is 0 Å². The van der Waals surface area contributed by atoms with Crippen molar-refractivity contribution in [2.45, 2.75) is 83.0 Å². The van der Waals surface area contributed by atoms with Gasteiger partial charge in [-0.2, -0.15) is 0 Å². The van der Waals surface area contributed by atoms with Gasteiger partial charge < -0.3 is 20.1 Å². The summed E-state index contributed by atoms with van der Waals surface area (Å²) in [6, 6.07) is 0. The fourth-order valence-corrected chi connectivity index (χ4v) is 3.86. The van der Waals surface area contributed by atoms with Gasteiger partial charge >= 0.3 is 5.97 Å². The SMILES string of the molecule is CCCCC[C@H](O)/C=C\[C@H]1[C@H]2C/C(=C/CCCC(=O)O)O[C@@H]2C[C@H]1O. The predicted octanol–water partition coefficient (Wildman–Crippen LogP) is 3.41. The second-order valence-electron chi connectivity index (χ2n) is 7.31. The highest BCUT2D eigenvalue weighted by atomic mass is 16.5. The Bertz CT molecular complexity index is 484. The van der Waals surface area contributed by atoms with Crippen LogP contribution in [0.1, 0.15) is 64.7 Å². The Morgan fingerprint density at radius 3 is 2.88 bits per heavy atom. The van der Waals surface area contributed by atoms with Gasteiger partial charge in [-0.25, -0.2) is 0 Å². The van der Waals surface area contributed by atoms with Gasteiger partial charge in [-0.3, -0.25) is 4.79 Å². The van der Waals surface area contributed by atoms with E-state index in [0.29, 0.717) is 19.3 Å². The lowest BCUT2D eigenvalue weighted by Crippen LogP contribution is -2.18. The van der Waals surface area contributed by atoms with Gasteiger partial charge in [0.1, 0.15) is 6.10 Å². The summed E-state index contributed by atoms with van der Waals surface area (Å²) >= 11 is 0. The van der Waals surface area contributed by atoms with E-state index in [1.807, 2.05) is 18.2 Å². The molecule has 0 bridgehead atoms. The number of allylic oxidation sites excluding steroid dienone is 2. The first-order chi connectivity index (χ1) is 12.0. The number of fused-ring (bicyclic) bond motifs is 1. The number of aliphatic carboxylic acids is 1. The van der Waals surface area contributed by atoms with Crippen LogP contribution in [0, 0.1) is 11.8 Å². The number of rotatable bonds is 10. The summed E-state index contributed by atoms with van der Waals surface area (Å²) in [6.07, 6.45) is 12.0. The molecule has 1 aliphatic heterocycles. The lowest BCUT2D eigenvalue weighted by atomic mass is 9.90. The highest BCUT2D eigenvalue weighted by Gasteiger charge is 2.46. The van der Waals surface area contributed by atoms with Gasteiger partial charge in [0.25, 0.3) is 0 Å². The van der Waals surface area contributed by atoms with Crippen LogP contribution in [0.4, 0.5) is 0 Å². The van der Waals surface area contributed by atoms with E-state index in [4.69, 9.17) is 9.84 Å². The first-order valence-electron chi connectivity index (χ1n) is 9.63. The van der Waals surface area contributed by atoms with Crippen LogP contribution in [0.15, 0.2) is 24.0 Å². The first-order valence-corrected chi connectivity index (χ1v) is 9.63. The Balaban J connectivity index is 1.83. The summed E-state index contributed by atoms with van der Waals surface area (Å²) in [7, 11) is 0. The molecule has 2 rings (SSSR count). The Morgan fingerprint density at radius 2 is 2.16 bits per heavy atom. The molecule has 1 saturated carbocycles. The lowest BCUT2D eigenvalue weighted by Gasteiger charge is -2.16. The van der Waals surface area contributed by atoms with Crippen LogP contribution in [0.5, 0.6) is 0 Å². The van der Waals surface area contributed by atoms with Crippen molar-refractivity contribution in [2.24, 2.45) is 11.8 Å². The molecule has 0 aromatic heterocycles. The maximum Gasteiger partial charge on any atom is 0.303 e. The fraction of sp³-hybridized carbons (Fsp3) is 0.750. The maximum absolute atomic E-state index is 10.5. The number of carboxylic acids is 1. The molecule has 0 aromatic rings.